The molecule has 0 aliphatic heterocycles. The zero-order chi connectivity index (χ0) is 15.9. The van der Waals surface area contributed by atoms with Crippen molar-refractivity contribution >= 4 is 29.3 Å². The van der Waals surface area contributed by atoms with Gasteiger partial charge in [0, 0.05) is 0 Å². The van der Waals surface area contributed by atoms with Gasteiger partial charge in [-0.25, -0.2) is 4.79 Å². The number of nitrogens with zero attached hydrogens (tertiary/aromatic N) is 1. The van der Waals surface area contributed by atoms with E-state index in [1.165, 1.54) is 6.07 Å². The molecule has 1 atom stereocenters. The van der Waals surface area contributed by atoms with Crippen molar-refractivity contribution in [2.24, 2.45) is 0 Å². The van der Waals surface area contributed by atoms with Crippen LogP contribution < -0.4 is 5.32 Å². The van der Waals surface area contributed by atoms with Gasteiger partial charge in [0.25, 0.3) is 0 Å². The van der Waals surface area contributed by atoms with E-state index in [2.05, 4.69) is 5.32 Å². The maximum atomic E-state index is 11.8. The second-order valence-corrected chi connectivity index (χ2v) is 5.26. The van der Waals surface area contributed by atoms with Crippen LogP contribution in [0.25, 0.3) is 0 Å². The molecule has 0 aromatic heterocycles. The number of nitrogens with one attached hydrogen (secondary N) is 1. The molecule has 1 unspecified atom stereocenters. The maximum absolute atomic E-state index is 11.8. The lowest BCUT2D eigenvalue weighted by Crippen LogP contribution is -2.28. The fraction of sp³-hybridized carbons (Fsp3) is 0.125. The van der Waals surface area contributed by atoms with E-state index in [0.29, 0.717) is 15.6 Å². The van der Waals surface area contributed by atoms with E-state index in [0.717, 1.165) is 5.56 Å². The molecule has 2 rings (SSSR count). The monoisotopic (exact) mass is 334 g/mol. The minimum atomic E-state index is -0.863. The van der Waals surface area contributed by atoms with Gasteiger partial charge in [-0.05, 0) is 23.3 Å². The lowest BCUT2D eigenvalue weighted by atomic mass is 10.1. The minimum absolute atomic E-state index is 0.131. The summed E-state index contributed by atoms with van der Waals surface area (Å²) >= 11 is 11.7. The summed E-state index contributed by atoms with van der Waals surface area (Å²) in [4.78, 5) is 11.8. The van der Waals surface area contributed by atoms with Gasteiger partial charge in [0.05, 0.1) is 16.1 Å². The van der Waals surface area contributed by atoms with E-state index < -0.39 is 12.1 Å². The minimum Gasteiger partial charge on any atom is -0.445 e. The van der Waals surface area contributed by atoms with Gasteiger partial charge < -0.3 is 10.1 Å². The van der Waals surface area contributed by atoms with E-state index in [1.54, 1.807) is 12.1 Å². The summed E-state index contributed by atoms with van der Waals surface area (Å²) in [5, 5.41) is 12.4. The quantitative estimate of drug-likeness (QED) is 0.896. The Balaban J connectivity index is 1.96. The van der Waals surface area contributed by atoms with Gasteiger partial charge in [-0.3, -0.25) is 0 Å². The van der Waals surface area contributed by atoms with E-state index in [9.17, 15) is 10.1 Å². The lowest BCUT2D eigenvalue weighted by molar-refractivity contribution is 0.137. The Kier molecular flexibility index (Phi) is 5.65. The molecular weight excluding hydrogens is 323 g/mol. The third-order valence-electron chi connectivity index (χ3n) is 2.88. The first-order valence-electron chi connectivity index (χ1n) is 6.42. The Hall–Kier alpha value is -2.22. The second-order valence-electron chi connectivity index (χ2n) is 4.44. The first kappa shape index (κ1) is 16.2. The fourth-order valence-corrected chi connectivity index (χ4v) is 2.07. The highest BCUT2D eigenvalue weighted by Crippen LogP contribution is 2.25. The Morgan fingerprint density at radius 3 is 2.55 bits per heavy atom. The molecule has 0 radical (unpaired) electrons. The van der Waals surface area contributed by atoms with E-state index in [-0.39, 0.29) is 6.61 Å². The van der Waals surface area contributed by atoms with E-state index >= 15 is 0 Å². The fourth-order valence-electron chi connectivity index (χ4n) is 1.76. The molecule has 0 spiro atoms. The smallest absolute Gasteiger partial charge is 0.408 e. The summed E-state index contributed by atoms with van der Waals surface area (Å²) in [6.07, 6.45) is -0.679. The number of nitriles is 1. The van der Waals surface area contributed by atoms with Crippen molar-refractivity contribution in [2.45, 2.75) is 12.6 Å². The highest BCUT2D eigenvalue weighted by atomic mass is 35.5. The Labute approximate surface area is 138 Å². The zero-order valence-corrected chi connectivity index (χ0v) is 12.9. The maximum Gasteiger partial charge on any atom is 0.408 e. The standard InChI is InChI=1S/C16H12Cl2N2O2/c17-13-7-6-12(8-14(13)18)15(9-19)20-16(21)22-10-11-4-2-1-3-5-11/h1-8,15H,10H2,(H,20,21). The normalized spacial score (nSPS) is 11.3. The van der Waals surface area contributed by atoms with E-state index in [4.69, 9.17) is 27.9 Å². The van der Waals surface area contributed by atoms with Crippen LogP contribution >= 0.6 is 23.2 Å². The third kappa shape index (κ3) is 4.39. The molecule has 2 aromatic carbocycles. The van der Waals surface area contributed by atoms with Crippen molar-refractivity contribution in [3.63, 3.8) is 0 Å². The molecule has 0 saturated heterocycles. The molecule has 1 N–H and O–H groups in total. The first-order chi connectivity index (χ1) is 10.6. The SMILES string of the molecule is N#CC(NC(=O)OCc1ccccc1)c1ccc(Cl)c(Cl)c1. The number of carbonyl (C=O) groups excluding carboxylic acids is 1. The third-order valence-corrected chi connectivity index (χ3v) is 3.62. The van der Waals surface area contributed by atoms with Crippen LogP contribution in [0.1, 0.15) is 17.2 Å². The predicted molar refractivity (Wildman–Crippen MR) is 84.6 cm³/mol. The molecular formula is C16H12Cl2N2O2. The second kappa shape index (κ2) is 7.69. The molecule has 0 aliphatic carbocycles. The van der Waals surface area contributed by atoms with Crippen LogP contribution in [0.5, 0.6) is 0 Å². The molecule has 1 amide bonds. The van der Waals surface area contributed by atoms with Crippen molar-refractivity contribution in [3.05, 3.63) is 69.7 Å². The van der Waals surface area contributed by atoms with Crippen molar-refractivity contribution in [3.8, 4) is 6.07 Å². The van der Waals surface area contributed by atoms with Crippen LogP contribution in [0.15, 0.2) is 48.5 Å². The lowest BCUT2D eigenvalue weighted by Gasteiger charge is -2.13. The summed E-state index contributed by atoms with van der Waals surface area (Å²) < 4.78 is 5.08. The zero-order valence-electron chi connectivity index (χ0n) is 11.4. The molecule has 0 bridgehead atoms. The molecule has 0 heterocycles. The summed E-state index contributed by atoms with van der Waals surface area (Å²) in [6, 6.07) is 15.1. The average molecular weight is 335 g/mol. The number of halogens is 2. The molecule has 0 aliphatic rings. The Bertz CT molecular complexity index is 699. The van der Waals surface area contributed by atoms with Crippen molar-refractivity contribution < 1.29 is 9.53 Å². The van der Waals surface area contributed by atoms with Crippen LogP contribution in [0.2, 0.25) is 10.0 Å². The van der Waals surface area contributed by atoms with Crippen LogP contribution in [0.3, 0.4) is 0 Å². The van der Waals surface area contributed by atoms with Gasteiger partial charge in [-0.1, -0.05) is 59.6 Å². The first-order valence-corrected chi connectivity index (χ1v) is 7.17. The van der Waals surface area contributed by atoms with Gasteiger partial charge in [0.2, 0.25) is 0 Å². The predicted octanol–water partition coefficient (Wildman–Crippen LogP) is 4.48. The Morgan fingerprint density at radius 1 is 1.18 bits per heavy atom. The van der Waals surface area contributed by atoms with Crippen molar-refractivity contribution in [1.82, 2.24) is 5.32 Å². The number of carbonyl (C=O) groups is 1. The van der Waals surface area contributed by atoms with Gasteiger partial charge >= 0.3 is 6.09 Å². The number of hydrogen-bond donors (Lipinski definition) is 1. The van der Waals surface area contributed by atoms with Gasteiger partial charge in [0.1, 0.15) is 12.6 Å². The highest BCUT2D eigenvalue weighted by Gasteiger charge is 2.15. The van der Waals surface area contributed by atoms with Crippen molar-refractivity contribution in [2.75, 3.05) is 0 Å². The molecule has 0 saturated carbocycles. The number of hydrogen-bond acceptors (Lipinski definition) is 3. The number of alkyl carbamates (subject to hydrolysis) is 1. The molecule has 112 valence electrons. The van der Waals surface area contributed by atoms with Gasteiger partial charge in [-0.2, -0.15) is 5.26 Å². The molecule has 4 nitrogen and oxygen atoms in total. The molecule has 22 heavy (non-hydrogen) atoms. The van der Waals surface area contributed by atoms with Crippen LogP contribution in [0.4, 0.5) is 4.79 Å². The summed E-state index contributed by atoms with van der Waals surface area (Å²) in [7, 11) is 0. The van der Waals surface area contributed by atoms with E-state index in [1.807, 2.05) is 36.4 Å². The van der Waals surface area contributed by atoms with Crippen LogP contribution in [-0.2, 0) is 11.3 Å². The summed E-state index contributed by atoms with van der Waals surface area (Å²) in [5.74, 6) is 0. The molecule has 2 aromatic rings. The van der Waals surface area contributed by atoms with Crippen LogP contribution in [0, 0.1) is 11.3 Å². The number of amides is 1. The van der Waals surface area contributed by atoms with Crippen LogP contribution in [-0.4, -0.2) is 6.09 Å². The van der Waals surface area contributed by atoms with Gasteiger partial charge in [0.15, 0.2) is 0 Å². The number of benzene rings is 2. The van der Waals surface area contributed by atoms with Gasteiger partial charge in [-0.15, -0.1) is 0 Å². The average Bonchev–Trinajstić information content (AvgIpc) is 2.54. The summed E-state index contributed by atoms with van der Waals surface area (Å²) in [5.41, 5.74) is 1.40. The number of rotatable bonds is 4. The number of ether oxygens (including phenoxy) is 1. The Morgan fingerprint density at radius 2 is 1.91 bits per heavy atom. The molecule has 6 heteroatoms. The largest absolute Gasteiger partial charge is 0.445 e. The van der Waals surface area contributed by atoms with Crippen molar-refractivity contribution in [1.29, 1.82) is 5.26 Å². The summed E-state index contributed by atoms with van der Waals surface area (Å²) in [6.45, 7) is 0.131. The highest BCUT2D eigenvalue weighted by molar-refractivity contribution is 6.42. The topological polar surface area (TPSA) is 62.1 Å². The molecule has 0 fully saturated rings.